The maximum atomic E-state index is 12.3. The molecular weight excluding hydrogens is 296 g/mol. The zero-order valence-corrected chi connectivity index (χ0v) is 12.3. The smallest absolute Gasteiger partial charge is 0.255 e. The number of pyridine rings is 1. The molecule has 0 N–H and O–H groups in total. The van der Waals surface area contributed by atoms with Gasteiger partial charge in [0.15, 0.2) is 0 Å². The van der Waals surface area contributed by atoms with Crippen LogP contribution in [0.2, 0.25) is 5.02 Å². The lowest BCUT2D eigenvalue weighted by molar-refractivity contribution is 0.0302. The normalized spacial score (nSPS) is 22.3. The second-order valence-electron chi connectivity index (χ2n) is 5.02. The summed E-state index contributed by atoms with van der Waals surface area (Å²) in [4.78, 5) is 18.2. The Balaban J connectivity index is 1.69. The van der Waals surface area contributed by atoms with Crippen LogP contribution in [0.4, 0.5) is 0 Å². The van der Waals surface area contributed by atoms with E-state index in [1.165, 1.54) is 6.20 Å². The number of halogens is 1. The van der Waals surface area contributed by atoms with Gasteiger partial charge in [0.2, 0.25) is 5.88 Å². The molecule has 0 aromatic carbocycles. The van der Waals surface area contributed by atoms with Crippen molar-refractivity contribution in [3.63, 3.8) is 0 Å². The van der Waals surface area contributed by atoms with Gasteiger partial charge in [0.1, 0.15) is 11.1 Å². The largest absolute Gasteiger partial charge is 0.471 e. The van der Waals surface area contributed by atoms with Crippen LogP contribution in [0.25, 0.3) is 0 Å². The highest BCUT2D eigenvalue weighted by Crippen LogP contribution is 2.25. The molecule has 21 heavy (non-hydrogen) atoms. The third-order valence-electron chi connectivity index (χ3n) is 3.52. The maximum Gasteiger partial charge on any atom is 0.255 e. The first-order valence-electron chi connectivity index (χ1n) is 7.01. The molecule has 1 aromatic rings. The number of morpholine rings is 1. The van der Waals surface area contributed by atoms with E-state index >= 15 is 0 Å². The van der Waals surface area contributed by atoms with Crippen molar-refractivity contribution < 1.29 is 19.0 Å². The Morgan fingerprint density at radius 1 is 1.33 bits per heavy atom. The lowest BCUT2D eigenvalue weighted by atomic mass is 10.2. The summed E-state index contributed by atoms with van der Waals surface area (Å²) < 4.78 is 16.2. The lowest BCUT2D eigenvalue weighted by Crippen LogP contribution is -2.40. The molecule has 1 atom stereocenters. The van der Waals surface area contributed by atoms with Gasteiger partial charge < -0.3 is 19.1 Å². The molecule has 2 aliphatic rings. The molecule has 114 valence electrons. The van der Waals surface area contributed by atoms with Crippen LogP contribution in [0.5, 0.6) is 5.88 Å². The zero-order chi connectivity index (χ0) is 14.7. The molecule has 0 saturated carbocycles. The summed E-state index contributed by atoms with van der Waals surface area (Å²) in [5.41, 5.74) is 0.469. The fourth-order valence-corrected chi connectivity index (χ4v) is 2.55. The molecule has 2 aliphatic heterocycles. The topological polar surface area (TPSA) is 60.9 Å². The Morgan fingerprint density at radius 2 is 2.14 bits per heavy atom. The Kier molecular flexibility index (Phi) is 4.57. The first kappa shape index (κ1) is 14.6. The third kappa shape index (κ3) is 3.45. The van der Waals surface area contributed by atoms with Crippen molar-refractivity contribution in [3.8, 4) is 5.88 Å². The van der Waals surface area contributed by atoms with E-state index in [1.807, 2.05) is 0 Å². The molecule has 3 heterocycles. The van der Waals surface area contributed by atoms with Gasteiger partial charge in [0.25, 0.3) is 5.91 Å². The highest BCUT2D eigenvalue weighted by molar-refractivity contribution is 6.32. The number of rotatable bonds is 3. The molecule has 0 radical (unpaired) electrons. The van der Waals surface area contributed by atoms with E-state index in [-0.39, 0.29) is 12.0 Å². The van der Waals surface area contributed by atoms with Gasteiger partial charge in [-0.15, -0.1) is 0 Å². The summed E-state index contributed by atoms with van der Waals surface area (Å²) in [6, 6.07) is 1.61. The van der Waals surface area contributed by atoms with Crippen molar-refractivity contribution in [2.75, 3.05) is 39.5 Å². The quantitative estimate of drug-likeness (QED) is 0.844. The Bertz CT molecular complexity index is 514. The standard InChI is InChI=1S/C14H17ClN2O4/c15-12-7-10(14(18)17-2-5-19-6-3-17)8-16-13(12)21-11-1-4-20-9-11/h7-8,11H,1-6,9H2. The highest BCUT2D eigenvalue weighted by atomic mass is 35.5. The summed E-state index contributed by atoms with van der Waals surface area (Å²) in [6.07, 6.45) is 2.32. The maximum absolute atomic E-state index is 12.3. The van der Waals surface area contributed by atoms with Crippen LogP contribution < -0.4 is 4.74 Å². The number of nitrogens with zero attached hydrogens (tertiary/aromatic N) is 2. The molecule has 3 rings (SSSR count). The van der Waals surface area contributed by atoms with E-state index in [0.717, 1.165) is 6.42 Å². The number of carbonyl (C=O) groups excluding carboxylic acids is 1. The Morgan fingerprint density at radius 3 is 2.81 bits per heavy atom. The van der Waals surface area contributed by atoms with E-state index < -0.39 is 0 Å². The summed E-state index contributed by atoms with van der Waals surface area (Å²) in [5.74, 6) is 0.272. The van der Waals surface area contributed by atoms with Gasteiger partial charge in [-0.25, -0.2) is 4.98 Å². The minimum Gasteiger partial charge on any atom is -0.471 e. The van der Waals surface area contributed by atoms with E-state index in [0.29, 0.717) is 56.0 Å². The second-order valence-corrected chi connectivity index (χ2v) is 5.43. The van der Waals surface area contributed by atoms with Gasteiger partial charge in [-0.05, 0) is 6.07 Å². The third-order valence-corrected chi connectivity index (χ3v) is 3.79. The number of aromatic nitrogens is 1. The average molecular weight is 313 g/mol. The summed E-state index contributed by atoms with van der Waals surface area (Å²) in [7, 11) is 0. The molecule has 2 saturated heterocycles. The van der Waals surface area contributed by atoms with E-state index in [9.17, 15) is 4.79 Å². The molecule has 1 unspecified atom stereocenters. The molecule has 0 aliphatic carbocycles. The van der Waals surface area contributed by atoms with Crippen LogP contribution in [0.15, 0.2) is 12.3 Å². The fraction of sp³-hybridized carbons (Fsp3) is 0.571. The van der Waals surface area contributed by atoms with Crippen LogP contribution in [-0.2, 0) is 9.47 Å². The zero-order valence-electron chi connectivity index (χ0n) is 11.6. The predicted octanol–water partition coefficient (Wildman–Crippen LogP) is 1.38. The fourth-order valence-electron chi connectivity index (χ4n) is 2.34. The van der Waals surface area contributed by atoms with Crippen LogP contribution >= 0.6 is 11.6 Å². The van der Waals surface area contributed by atoms with Crippen molar-refractivity contribution in [1.29, 1.82) is 0 Å². The van der Waals surface area contributed by atoms with Gasteiger partial charge in [0.05, 0.1) is 32.0 Å². The Hall–Kier alpha value is -1.37. The van der Waals surface area contributed by atoms with Gasteiger partial charge in [-0.3, -0.25) is 4.79 Å². The number of amides is 1. The van der Waals surface area contributed by atoms with Crippen molar-refractivity contribution >= 4 is 17.5 Å². The molecule has 0 spiro atoms. The number of hydrogen-bond donors (Lipinski definition) is 0. The summed E-state index contributed by atoms with van der Waals surface area (Å²) >= 11 is 6.17. The number of hydrogen-bond acceptors (Lipinski definition) is 5. The molecule has 0 bridgehead atoms. The van der Waals surface area contributed by atoms with E-state index in [2.05, 4.69) is 4.98 Å². The van der Waals surface area contributed by atoms with Crippen molar-refractivity contribution in [2.24, 2.45) is 0 Å². The molecular formula is C14H17ClN2O4. The van der Waals surface area contributed by atoms with Crippen molar-refractivity contribution in [3.05, 3.63) is 22.8 Å². The average Bonchev–Trinajstić information content (AvgIpc) is 3.02. The first-order chi connectivity index (χ1) is 10.2. The Labute approximate surface area is 127 Å². The van der Waals surface area contributed by atoms with Crippen LogP contribution in [0.3, 0.4) is 0 Å². The number of ether oxygens (including phenoxy) is 3. The van der Waals surface area contributed by atoms with Crippen molar-refractivity contribution in [2.45, 2.75) is 12.5 Å². The predicted molar refractivity (Wildman–Crippen MR) is 75.8 cm³/mol. The van der Waals surface area contributed by atoms with Gasteiger partial charge in [-0.2, -0.15) is 0 Å². The molecule has 2 fully saturated rings. The second kappa shape index (κ2) is 6.60. The first-order valence-corrected chi connectivity index (χ1v) is 7.39. The van der Waals surface area contributed by atoms with Crippen LogP contribution in [0.1, 0.15) is 16.8 Å². The molecule has 1 amide bonds. The SMILES string of the molecule is O=C(c1cnc(OC2CCOC2)c(Cl)c1)N1CCOCC1. The van der Waals surface area contributed by atoms with Crippen LogP contribution in [-0.4, -0.2) is 61.4 Å². The highest BCUT2D eigenvalue weighted by Gasteiger charge is 2.22. The number of carbonyl (C=O) groups is 1. The van der Waals surface area contributed by atoms with E-state index in [4.69, 9.17) is 25.8 Å². The minimum atomic E-state index is -0.0801. The van der Waals surface area contributed by atoms with Gasteiger partial charge in [0, 0.05) is 25.7 Å². The molecule has 7 heteroatoms. The van der Waals surface area contributed by atoms with Crippen LogP contribution in [0, 0.1) is 0 Å². The monoisotopic (exact) mass is 312 g/mol. The molecule has 6 nitrogen and oxygen atoms in total. The van der Waals surface area contributed by atoms with Crippen molar-refractivity contribution in [1.82, 2.24) is 9.88 Å². The summed E-state index contributed by atoms with van der Waals surface area (Å²) in [5, 5.41) is 0.348. The van der Waals surface area contributed by atoms with Gasteiger partial charge in [-0.1, -0.05) is 11.6 Å². The minimum absolute atomic E-state index is 0.0178. The van der Waals surface area contributed by atoms with Gasteiger partial charge >= 0.3 is 0 Å². The molecule has 1 aromatic heterocycles. The summed E-state index contributed by atoms with van der Waals surface area (Å²) in [6.45, 7) is 3.55. The lowest BCUT2D eigenvalue weighted by Gasteiger charge is -2.26. The van der Waals surface area contributed by atoms with E-state index in [1.54, 1.807) is 11.0 Å².